The third-order valence-electron chi connectivity index (χ3n) is 4.18. The van der Waals surface area contributed by atoms with E-state index in [1.54, 1.807) is 6.07 Å². The van der Waals surface area contributed by atoms with Gasteiger partial charge < -0.3 is 19.4 Å². The number of thioether (sulfide) groups is 1. The average molecular weight is 428 g/mol. The van der Waals surface area contributed by atoms with E-state index in [1.807, 2.05) is 30.5 Å². The Morgan fingerprint density at radius 2 is 1.83 bits per heavy atom. The summed E-state index contributed by atoms with van der Waals surface area (Å²) in [4.78, 5) is 27.1. The number of carbonyl (C=O) groups is 2. The summed E-state index contributed by atoms with van der Waals surface area (Å²) in [5.74, 6) is -0.0470. The Hall–Kier alpha value is -3.26. The van der Waals surface area contributed by atoms with Crippen molar-refractivity contribution in [3.8, 4) is 5.75 Å². The summed E-state index contributed by atoms with van der Waals surface area (Å²) in [7, 11) is 1.53. The van der Waals surface area contributed by atoms with Gasteiger partial charge in [0, 0.05) is 11.9 Å². The highest BCUT2D eigenvalue weighted by molar-refractivity contribution is 7.98. The molecule has 0 aliphatic rings. The minimum atomic E-state index is -0.420. The quantitative estimate of drug-likeness (QED) is 0.538. The van der Waals surface area contributed by atoms with Gasteiger partial charge in [-0.25, -0.2) is 4.39 Å². The number of carbonyl (C=O) groups excluding carboxylic acids is 2. The van der Waals surface area contributed by atoms with Crippen LogP contribution < -0.4 is 10.1 Å². The zero-order chi connectivity index (χ0) is 21.5. The van der Waals surface area contributed by atoms with Crippen molar-refractivity contribution in [1.29, 1.82) is 0 Å². The molecule has 6 nitrogen and oxygen atoms in total. The number of hydrogen-bond acceptors (Lipinski definition) is 5. The molecule has 0 bridgehead atoms. The molecular formula is C22H21FN2O4S. The van der Waals surface area contributed by atoms with Crippen molar-refractivity contribution in [1.82, 2.24) is 4.90 Å². The van der Waals surface area contributed by atoms with Crippen molar-refractivity contribution < 1.29 is 23.1 Å². The smallest absolute Gasteiger partial charge is 0.289 e. The standard InChI is InChI=1S/C22H21FN2O4S/c1-25(13-21(26)24-18-5-3-4-6-20(18)30-2)22(27)19-12-11-17(29-19)14-28-16-9-7-15(23)8-10-16/h3-12H,13-14H2,1-2H3,(H,24,26). The molecule has 2 amide bonds. The first-order chi connectivity index (χ1) is 14.5. The molecule has 1 heterocycles. The van der Waals surface area contributed by atoms with Crippen LogP contribution in [0.25, 0.3) is 0 Å². The van der Waals surface area contributed by atoms with Gasteiger partial charge in [0.15, 0.2) is 5.76 Å². The van der Waals surface area contributed by atoms with Gasteiger partial charge in [-0.2, -0.15) is 0 Å². The van der Waals surface area contributed by atoms with Crippen molar-refractivity contribution in [3.63, 3.8) is 0 Å². The van der Waals surface area contributed by atoms with Gasteiger partial charge in [0.2, 0.25) is 5.91 Å². The van der Waals surface area contributed by atoms with Crippen LogP contribution in [0.4, 0.5) is 10.1 Å². The number of hydrogen-bond donors (Lipinski definition) is 1. The van der Waals surface area contributed by atoms with Crippen molar-refractivity contribution in [3.05, 3.63) is 78.0 Å². The molecule has 0 saturated heterocycles. The van der Waals surface area contributed by atoms with Gasteiger partial charge in [-0.15, -0.1) is 11.8 Å². The lowest BCUT2D eigenvalue weighted by molar-refractivity contribution is -0.116. The van der Waals surface area contributed by atoms with Crippen LogP contribution in [0.15, 0.2) is 70.0 Å². The first-order valence-corrected chi connectivity index (χ1v) is 10.3. The molecule has 0 radical (unpaired) electrons. The SMILES string of the molecule is CSc1ccccc1NC(=O)CN(C)C(=O)c1ccc(COc2ccc(F)cc2)o1. The molecule has 0 aliphatic heterocycles. The summed E-state index contributed by atoms with van der Waals surface area (Å²) in [6.45, 7) is -0.0295. The maximum Gasteiger partial charge on any atom is 0.289 e. The van der Waals surface area contributed by atoms with Crippen LogP contribution in [-0.4, -0.2) is 36.6 Å². The van der Waals surface area contributed by atoms with Gasteiger partial charge in [0.1, 0.15) is 23.9 Å². The fourth-order valence-corrected chi connectivity index (χ4v) is 3.22. The highest BCUT2D eigenvalue weighted by atomic mass is 32.2. The van der Waals surface area contributed by atoms with Gasteiger partial charge in [-0.1, -0.05) is 12.1 Å². The lowest BCUT2D eigenvalue weighted by Crippen LogP contribution is -2.34. The lowest BCUT2D eigenvalue weighted by Gasteiger charge is -2.16. The number of para-hydroxylation sites is 1. The fraction of sp³-hybridized carbons (Fsp3) is 0.182. The molecule has 0 unspecified atom stereocenters. The van der Waals surface area contributed by atoms with E-state index in [9.17, 15) is 14.0 Å². The topological polar surface area (TPSA) is 71.8 Å². The van der Waals surface area contributed by atoms with Gasteiger partial charge >= 0.3 is 0 Å². The summed E-state index contributed by atoms with van der Waals surface area (Å²) < 4.78 is 23.9. The number of likely N-dealkylation sites (N-methyl/N-ethyl adjacent to an activating group) is 1. The monoisotopic (exact) mass is 428 g/mol. The molecule has 3 rings (SSSR count). The van der Waals surface area contributed by atoms with E-state index in [2.05, 4.69) is 5.32 Å². The highest BCUT2D eigenvalue weighted by Gasteiger charge is 2.19. The normalized spacial score (nSPS) is 10.5. The largest absolute Gasteiger partial charge is 0.486 e. The van der Waals surface area contributed by atoms with E-state index < -0.39 is 5.91 Å². The third-order valence-corrected chi connectivity index (χ3v) is 4.97. The van der Waals surface area contributed by atoms with E-state index in [1.165, 1.54) is 54.0 Å². The van der Waals surface area contributed by atoms with Crippen molar-refractivity contribution in [2.45, 2.75) is 11.5 Å². The third kappa shape index (κ3) is 5.64. The number of amides is 2. The van der Waals surface area contributed by atoms with E-state index in [4.69, 9.17) is 9.15 Å². The average Bonchev–Trinajstić information content (AvgIpc) is 3.22. The molecule has 30 heavy (non-hydrogen) atoms. The number of anilines is 1. The van der Waals surface area contributed by atoms with Crippen molar-refractivity contribution >= 4 is 29.3 Å². The highest BCUT2D eigenvalue weighted by Crippen LogP contribution is 2.24. The van der Waals surface area contributed by atoms with Crippen LogP contribution in [0.3, 0.4) is 0 Å². The minimum absolute atomic E-state index is 0.0918. The molecule has 0 saturated carbocycles. The Labute approximate surface area is 178 Å². The Morgan fingerprint density at radius 1 is 1.10 bits per heavy atom. The molecule has 156 valence electrons. The maximum absolute atomic E-state index is 12.9. The summed E-state index contributed by atoms with van der Waals surface area (Å²) in [5.41, 5.74) is 0.703. The summed E-state index contributed by atoms with van der Waals surface area (Å²) in [6, 6.07) is 16.2. The Bertz CT molecular complexity index is 1020. The Balaban J connectivity index is 1.54. The van der Waals surface area contributed by atoms with Gasteiger partial charge in [-0.05, 0) is 54.8 Å². The van der Waals surface area contributed by atoms with Crippen LogP contribution in [0.2, 0.25) is 0 Å². The molecule has 0 spiro atoms. The number of benzene rings is 2. The maximum atomic E-state index is 12.9. The second-order valence-electron chi connectivity index (χ2n) is 6.42. The van der Waals surface area contributed by atoms with E-state index >= 15 is 0 Å². The molecule has 1 N–H and O–H groups in total. The number of rotatable bonds is 8. The zero-order valence-corrected chi connectivity index (χ0v) is 17.4. The Kier molecular flexibility index (Phi) is 7.13. The molecule has 0 aliphatic carbocycles. The molecular weight excluding hydrogens is 407 g/mol. The Morgan fingerprint density at radius 3 is 2.57 bits per heavy atom. The number of nitrogens with one attached hydrogen (secondary N) is 1. The molecule has 8 heteroatoms. The second kappa shape index (κ2) is 9.98. The van der Waals surface area contributed by atoms with Crippen LogP contribution >= 0.6 is 11.8 Å². The number of furan rings is 1. The first kappa shape index (κ1) is 21.4. The van der Waals surface area contributed by atoms with Gasteiger partial charge in [0.25, 0.3) is 5.91 Å². The number of ether oxygens (including phenoxy) is 1. The fourth-order valence-electron chi connectivity index (χ4n) is 2.67. The first-order valence-electron chi connectivity index (χ1n) is 9.11. The molecule has 0 fully saturated rings. The van der Waals surface area contributed by atoms with E-state index in [-0.39, 0.29) is 30.6 Å². The van der Waals surface area contributed by atoms with E-state index in [0.29, 0.717) is 17.2 Å². The lowest BCUT2D eigenvalue weighted by atomic mass is 10.3. The van der Waals surface area contributed by atoms with Crippen LogP contribution in [-0.2, 0) is 11.4 Å². The number of halogens is 1. The van der Waals surface area contributed by atoms with Crippen LogP contribution in [0.5, 0.6) is 5.75 Å². The number of nitrogens with zero attached hydrogens (tertiary/aromatic N) is 1. The van der Waals surface area contributed by atoms with Crippen molar-refractivity contribution in [2.75, 3.05) is 25.2 Å². The second-order valence-corrected chi connectivity index (χ2v) is 7.27. The van der Waals surface area contributed by atoms with Gasteiger partial charge in [-0.3, -0.25) is 9.59 Å². The summed E-state index contributed by atoms with van der Waals surface area (Å²) in [5, 5.41) is 2.82. The molecule has 0 atom stereocenters. The molecule has 2 aromatic carbocycles. The van der Waals surface area contributed by atoms with E-state index in [0.717, 1.165) is 4.90 Å². The predicted octanol–water partition coefficient (Wildman–Crippen LogP) is 4.43. The molecule has 1 aromatic heterocycles. The zero-order valence-electron chi connectivity index (χ0n) is 16.6. The summed E-state index contributed by atoms with van der Waals surface area (Å²) >= 11 is 1.53. The minimum Gasteiger partial charge on any atom is -0.486 e. The summed E-state index contributed by atoms with van der Waals surface area (Å²) in [6.07, 6.45) is 1.93. The van der Waals surface area contributed by atoms with Crippen LogP contribution in [0.1, 0.15) is 16.3 Å². The van der Waals surface area contributed by atoms with Gasteiger partial charge in [0.05, 0.1) is 12.2 Å². The predicted molar refractivity (Wildman–Crippen MR) is 113 cm³/mol. The van der Waals surface area contributed by atoms with Crippen LogP contribution in [0, 0.1) is 5.82 Å². The molecule has 3 aromatic rings. The van der Waals surface area contributed by atoms with Crippen molar-refractivity contribution in [2.24, 2.45) is 0 Å².